The Morgan fingerprint density at radius 1 is 1.42 bits per heavy atom. The monoisotopic (exact) mass is 341 g/mol. The van der Waals surface area contributed by atoms with E-state index in [1.54, 1.807) is 13.0 Å². The van der Waals surface area contributed by atoms with Crippen molar-refractivity contribution in [1.82, 2.24) is 9.97 Å². The number of benzene rings is 1. The number of rotatable bonds is 4. The average Bonchev–Trinajstić information content (AvgIpc) is 3.08. The number of carbonyl (C=O) groups is 1. The Labute approximate surface area is 142 Å². The smallest absolute Gasteiger partial charge is 0.347 e. The first-order valence-corrected chi connectivity index (χ1v) is 8.15. The van der Waals surface area contributed by atoms with E-state index in [9.17, 15) is 10.1 Å². The quantitative estimate of drug-likeness (QED) is 0.748. The molecule has 0 radical (unpaired) electrons. The van der Waals surface area contributed by atoms with Crippen molar-refractivity contribution in [2.75, 3.05) is 0 Å². The van der Waals surface area contributed by atoms with Crippen molar-refractivity contribution in [2.24, 2.45) is 0 Å². The molecule has 0 saturated carbocycles. The van der Waals surface area contributed by atoms with Gasteiger partial charge >= 0.3 is 5.97 Å². The number of carboxylic acids is 1. The molecule has 0 aliphatic rings. The zero-order valence-electron chi connectivity index (χ0n) is 13.4. The molecule has 3 rings (SSSR count). The van der Waals surface area contributed by atoms with Crippen molar-refractivity contribution in [1.29, 1.82) is 5.26 Å². The SMILES string of the molecule is Cc1nc(-c2cc3cc(OC(C)C)cc(C#N)c3[nH]2)sc1C(=O)O. The van der Waals surface area contributed by atoms with Crippen LogP contribution in [-0.4, -0.2) is 27.1 Å². The molecule has 2 heterocycles. The molecule has 122 valence electrons. The predicted molar refractivity (Wildman–Crippen MR) is 91.6 cm³/mol. The molecule has 0 bridgehead atoms. The molecule has 24 heavy (non-hydrogen) atoms. The molecular formula is C17H15N3O3S. The summed E-state index contributed by atoms with van der Waals surface area (Å²) in [5, 5.41) is 20.0. The summed E-state index contributed by atoms with van der Waals surface area (Å²) in [6.07, 6.45) is 0.00661. The van der Waals surface area contributed by atoms with Crippen LogP contribution < -0.4 is 4.74 Å². The zero-order chi connectivity index (χ0) is 17.4. The number of aryl methyl sites for hydroxylation is 1. The van der Waals surface area contributed by atoms with Crippen molar-refractivity contribution in [3.63, 3.8) is 0 Å². The molecule has 0 amide bonds. The van der Waals surface area contributed by atoms with E-state index in [-0.39, 0.29) is 11.0 Å². The Morgan fingerprint density at radius 2 is 2.17 bits per heavy atom. The molecule has 2 N–H and O–H groups in total. The summed E-state index contributed by atoms with van der Waals surface area (Å²) in [4.78, 5) is 18.9. The number of H-pyrrole nitrogens is 1. The van der Waals surface area contributed by atoms with Gasteiger partial charge in [0.25, 0.3) is 0 Å². The van der Waals surface area contributed by atoms with Crippen LogP contribution in [0.4, 0.5) is 0 Å². The lowest BCUT2D eigenvalue weighted by Gasteiger charge is -2.09. The van der Waals surface area contributed by atoms with E-state index in [1.165, 1.54) is 0 Å². The fourth-order valence-corrected chi connectivity index (χ4v) is 3.35. The Kier molecular flexibility index (Phi) is 3.99. The molecule has 3 aromatic rings. The van der Waals surface area contributed by atoms with Crippen molar-refractivity contribution in [2.45, 2.75) is 26.9 Å². The summed E-state index contributed by atoms with van der Waals surface area (Å²) < 4.78 is 5.68. The number of thiazole rings is 1. The number of fused-ring (bicyclic) bond motifs is 1. The highest BCUT2D eigenvalue weighted by atomic mass is 32.1. The van der Waals surface area contributed by atoms with Gasteiger partial charge in [-0.2, -0.15) is 5.26 Å². The Bertz CT molecular complexity index is 979. The highest BCUT2D eigenvalue weighted by Gasteiger charge is 2.17. The lowest BCUT2D eigenvalue weighted by Crippen LogP contribution is -2.05. The first kappa shape index (κ1) is 16.0. The van der Waals surface area contributed by atoms with E-state index in [2.05, 4.69) is 16.0 Å². The molecule has 0 aliphatic heterocycles. The van der Waals surface area contributed by atoms with Gasteiger partial charge in [0.2, 0.25) is 0 Å². The molecule has 0 atom stereocenters. The van der Waals surface area contributed by atoms with Gasteiger partial charge in [0.1, 0.15) is 21.7 Å². The Morgan fingerprint density at radius 3 is 2.75 bits per heavy atom. The number of nitrogens with one attached hydrogen (secondary N) is 1. The standard InChI is InChI=1S/C17H15N3O3S/c1-8(2)23-12-4-10-6-13(20-14(10)11(5-12)7-18)16-19-9(3)15(24-16)17(21)22/h4-6,8,20H,1-3H3,(H,21,22). The number of nitrogens with zero attached hydrogens (tertiary/aromatic N) is 2. The van der Waals surface area contributed by atoms with E-state index in [0.29, 0.717) is 33.2 Å². The van der Waals surface area contributed by atoms with Gasteiger partial charge in [-0.3, -0.25) is 0 Å². The highest BCUT2D eigenvalue weighted by molar-refractivity contribution is 7.17. The van der Waals surface area contributed by atoms with Gasteiger partial charge in [0.05, 0.1) is 28.6 Å². The third-order valence-electron chi connectivity index (χ3n) is 3.42. The summed E-state index contributed by atoms with van der Waals surface area (Å²) in [7, 11) is 0. The highest BCUT2D eigenvalue weighted by Crippen LogP contribution is 2.33. The maximum Gasteiger partial charge on any atom is 0.347 e. The second kappa shape index (κ2) is 5.98. The molecule has 0 aliphatic carbocycles. The summed E-state index contributed by atoms with van der Waals surface area (Å²) in [6.45, 7) is 5.51. The van der Waals surface area contributed by atoms with Crippen LogP contribution in [0.25, 0.3) is 21.6 Å². The third-order valence-corrected chi connectivity index (χ3v) is 4.59. The number of aromatic nitrogens is 2. The molecule has 6 nitrogen and oxygen atoms in total. The molecule has 0 spiro atoms. The number of carboxylic acid groups (broad SMARTS) is 1. The second-order valence-electron chi connectivity index (χ2n) is 5.64. The Balaban J connectivity index is 2.13. The van der Waals surface area contributed by atoms with Crippen LogP contribution in [0.3, 0.4) is 0 Å². The zero-order valence-corrected chi connectivity index (χ0v) is 14.2. The van der Waals surface area contributed by atoms with Crippen LogP contribution >= 0.6 is 11.3 Å². The van der Waals surface area contributed by atoms with Crippen molar-refractivity contribution in [3.05, 3.63) is 34.3 Å². The Hall–Kier alpha value is -2.85. The first-order valence-electron chi connectivity index (χ1n) is 7.33. The van der Waals surface area contributed by atoms with E-state index in [4.69, 9.17) is 9.84 Å². The molecular weight excluding hydrogens is 326 g/mol. The maximum absolute atomic E-state index is 11.2. The van der Waals surface area contributed by atoms with Gasteiger partial charge in [0.15, 0.2) is 0 Å². The largest absolute Gasteiger partial charge is 0.491 e. The van der Waals surface area contributed by atoms with Crippen molar-refractivity contribution in [3.8, 4) is 22.5 Å². The van der Waals surface area contributed by atoms with Gasteiger partial charge in [-0.25, -0.2) is 9.78 Å². The summed E-state index contributed by atoms with van der Waals surface area (Å²) >= 11 is 1.11. The number of nitriles is 1. The van der Waals surface area contributed by atoms with Crippen LogP contribution in [-0.2, 0) is 0 Å². The lowest BCUT2D eigenvalue weighted by atomic mass is 10.1. The molecule has 0 unspecified atom stereocenters. The molecule has 7 heteroatoms. The molecule has 1 aromatic carbocycles. The third kappa shape index (κ3) is 2.84. The van der Waals surface area contributed by atoms with Gasteiger partial charge in [-0.15, -0.1) is 11.3 Å². The second-order valence-corrected chi connectivity index (χ2v) is 6.63. The minimum Gasteiger partial charge on any atom is -0.491 e. The molecule has 2 aromatic heterocycles. The predicted octanol–water partition coefficient (Wildman–Crippen LogP) is 3.96. The number of hydrogen-bond acceptors (Lipinski definition) is 5. The summed E-state index contributed by atoms with van der Waals surface area (Å²) in [5.74, 6) is -0.362. The van der Waals surface area contributed by atoms with Gasteiger partial charge in [-0.1, -0.05) is 0 Å². The van der Waals surface area contributed by atoms with Crippen LogP contribution in [0.15, 0.2) is 18.2 Å². The van der Waals surface area contributed by atoms with Crippen LogP contribution in [0, 0.1) is 18.3 Å². The van der Waals surface area contributed by atoms with Crippen LogP contribution in [0.2, 0.25) is 0 Å². The number of hydrogen-bond donors (Lipinski definition) is 2. The van der Waals surface area contributed by atoms with E-state index < -0.39 is 5.97 Å². The molecule has 0 fully saturated rings. The topological polar surface area (TPSA) is 99.0 Å². The maximum atomic E-state index is 11.2. The lowest BCUT2D eigenvalue weighted by molar-refractivity contribution is 0.0701. The van der Waals surface area contributed by atoms with Crippen LogP contribution in [0.5, 0.6) is 5.75 Å². The number of ether oxygens (including phenoxy) is 1. The minimum atomic E-state index is -0.988. The normalized spacial score (nSPS) is 11.0. The van der Waals surface area contributed by atoms with Crippen LogP contribution in [0.1, 0.15) is 34.8 Å². The van der Waals surface area contributed by atoms with Gasteiger partial charge in [0, 0.05) is 11.5 Å². The fraction of sp³-hybridized carbons (Fsp3) is 0.235. The summed E-state index contributed by atoms with van der Waals surface area (Å²) in [6, 6.07) is 7.56. The van der Waals surface area contributed by atoms with Gasteiger partial charge in [-0.05, 0) is 32.9 Å². The van der Waals surface area contributed by atoms with Crippen molar-refractivity contribution >= 4 is 28.2 Å². The van der Waals surface area contributed by atoms with E-state index in [0.717, 1.165) is 16.7 Å². The number of aromatic carboxylic acids is 1. The first-order chi connectivity index (χ1) is 11.4. The van der Waals surface area contributed by atoms with E-state index >= 15 is 0 Å². The fourth-order valence-electron chi connectivity index (χ4n) is 2.47. The minimum absolute atomic E-state index is 0.00661. The van der Waals surface area contributed by atoms with E-state index in [1.807, 2.05) is 26.0 Å². The number of aromatic amines is 1. The van der Waals surface area contributed by atoms with Gasteiger partial charge < -0.3 is 14.8 Å². The van der Waals surface area contributed by atoms with Crippen molar-refractivity contribution < 1.29 is 14.6 Å². The molecule has 0 saturated heterocycles. The average molecular weight is 341 g/mol. The summed E-state index contributed by atoms with van der Waals surface area (Å²) in [5.41, 5.74) is 2.32.